The molecule has 12 atom stereocenters. The Morgan fingerprint density at radius 2 is 1.66 bits per heavy atom. The van der Waals surface area contributed by atoms with Gasteiger partial charge in [-0.2, -0.15) is 0 Å². The van der Waals surface area contributed by atoms with E-state index in [1.165, 1.54) is 32.8 Å². The van der Waals surface area contributed by atoms with Crippen molar-refractivity contribution in [3.63, 3.8) is 0 Å². The molecule has 4 rings (SSSR count). The summed E-state index contributed by atoms with van der Waals surface area (Å²) in [5, 5.41) is 22.3. The molecule has 0 spiro atoms. The molecule has 32 heavy (non-hydrogen) atoms. The molecule has 5 unspecified atom stereocenters. The minimum atomic E-state index is -0.235. The topological polar surface area (TPSA) is 66.8 Å². The highest BCUT2D eigenvalue weighted by Gasteiger charge is 2.64. The molecular formula is C28H48O4. The normalized spacial score (nSPS) is 50.0. The summed E-state index contributed by atoms with van der Waals surface area (Å²) < 4.78 is 5.00. The molecule has 4 aliphatic carbocycles. The molecule has 2 N–H and O–H groups in total. The molecule has 0 heterocycles. The SMILES string of the molecule is CC[C@H]1[C@@H](O)C2C3CCC([C@H](C)CC(C)C(=O)OC)[C@@]3(C)CCC2[C@@]2(C)CC[C@@H](O)C[C@@H]12. The molecule has 0 aromatic heterocycles. The number of rotatable bonds is 5. The maximum absolute atomic E-state index is 12.0. The molecule has 0 aromatic rings. The van der Waals surface area contributed by atoms with Crippen molar-refractivity contribution in [1.29, 1.82) is 0 Å². The molecule has 0 saturated heterocycles. The van der Waals surface area contributed by atoms with E-state index in [1.54, 1.807) is 0 Å². The number of carbonyl (C=O) groups excluding carboxylic acids is 1. The van der Waals surface area contributed by atoms with Gasteiger partial charge in [0, 0.05) is 0 Å². The number of hydrogen-bond donors (Lipinski definition) is 2. The van der Waals surface area contributed by atoms with Gasteiger partial charge in [-0.15, -0.1) is 0 Å². The summed E-state index contributed by atoms with van der Waals surface area (Å²) >= 11 is 0. The summed E-state index contributed by atoms with van der Waals surface area (Å²) in [4.78, 5) is 12.0. The van der Waals surface area contributed by atoms with Crippen LogP contribution in [0.15, 0.2) is 0 Å². The number of hydrogen-bond acceptors (Lipinski definition) is 4. The molecule has 0 aromatic carbocycles. The van der Waals surface area contributed by atoms with Crippen molar-refractivity contribution >= 4 is 5.97 Å². The number of carbonyl (C=O) groups is 1. The highest BCUT2D eigenvalue weighted by molar-refractivity contribution is 5.71. The first-order valence-electron chi connectivity index (χ1n) is 13.5. The molecule has 0 aliphatic heterocycles. The quantitative estimate of drug-likeness (QED) is 0.549. The van der Waals surface area contributed by atoms with Crippen molar-refractivity contribution in [3.8, 4) is 0 Å². The van der Waals surface area contributed by atoms with E-state index in [2.05, 4.69) is 27.7 Å². The molecule has 4 nitrogen and oxygen atoms in total. The average molecular weight is 449 g/mol. The van der Waals surface area contributed by atoms with E-state index < -0.39 is 0 Å². The Labute approximate surface area is 195 Å². The number of methoxy groups -OCH3 is 1. The lowest BCUT2D eigenvalue weighted by Gasteiger charge is -2.64. The van der Waals surface area contributed by atoms with Crippen LogP contribution in [-0.4, -0.2) is 35.5 Å². The maximum atomic E-state index is 12.0. The zero-order valence-electron chi connectivity index (χ0n) is 21.3. The van der Waals surface area contributed by atoms with Gasteiger partial charge in [0.2, 0.25) is 0 Å². The number of aliphatic hydroxyl groups is 2. The smallest absolute Gasteiger partial charge is 0.308 e. The third-order valence-electron chi connectivity index (χ3n) is 11.5. The summed E-state index contributed by atoms with van der Waals surface area (Å²) in [6.07, 6.45) is 9.30. The van der Waals surface area contributed by atoms with Gasteiger partial charge in [0.25, 0.3) is 0 Å². The van der Waals surface area contributed by atoms with Gasteiger partial charge in [-0.25, -0.2) is 0 Å². The van der Waals surface area contributed by atoms with Crippen molar-refractivity contribution in [1.82, 2.24) is 0 Å². The summed E-state index contributed by atoms with van der Waals surface area (Å²) in [5.74, 6) is 3.29. The van der Waals surface area contributed by atoms with Crippen LogP contribution in [0.4, 0.5) is 0 Å². The minimum absolute atomic E-state index is 0.0490. The van der Waals surface area contributed by atoms with Crippen LogP contribution in [-0.2, 0) is 9.53 Å². The van der Waals surface area contributed by atoms with E-state index in [0.717, 1.165) is 32.1 Å². The predicted molar refractivity (Wildman–Crippen MR) is 127 cm³/mol. The van der Waals surface area contributed by atoms with E-state index >= 15 is 0 Å². The molecule has 4 saturated carbocycles. The molecule has 184 valence electrons. The van der Waals surface area contributed by atoms with E-state index in [-0.39, 0.29) is 34.9 Å². The highest BCUT2D eigenvalue weighted by Crippen LogP contribution is 2.69. The van der Waals surface area contributed by atoms with Crippen LogP contribution < -0.4 is 0 Å². The van der Waals surface area contributed by atoms with Crippen LogP contribution in [0.1, 0.15) is 92.4 Å². The number of fused-ring (bicyclic) bond motifs is 5. The van der Waals surface area contributed by atoms with Crippen molar-refractivity contribution in [3.05, 3.63) is 0 Å². The van der Waals surface area contributed by atoms with E-state index in [1.807, 2.05) is 6.92 Å². The Kier molecular flexibility index (Phi) is 6.80. The minimum Gasteiger partial charge on any atom is -0.469 e. The van der Waals surface area contributed by atoms with Gasteiger partial charge in [0.05, 0.1) is 25.2 Å². The lowest BCUT2D eigenvalue weighted by Crippen LogP contribution is -2.62. The summed E-state index contributed by atoms with van der Waals surface area (Å²) in [6, 6.07) is 0. The molecule has 4 fully saturated rings. The van der Waals surface area contributed by atoms with Crippen LogP contribution in [0.5, 0.6) is 0 Å². The fourth-order valence-electron chi connectivity index (χ4n) is 9.95. The largest absolute Gasteiger partial charge is 0.469 e. The second-order valence-corrected chi connectivity index (χ2v) is 12.8. The Morgan fingerprint density at radius 3 is 2.31 bits per heavy atom. The Bertz CT molecular complexity index is 693. The van der Waals surface area contributed by atoms with Crippen molar-refractivity contribution in [2.75, 3.05) is 7.11 Å². The van der Waals surface area contributed by atoms with Gasteiger partial charge < -0.3 is 14.9 Å². The van der Waals surface area contributed by atoms with E-state index in [4.69, 9.17) is 4.74 Å². The van der Waals surface area contributed by atoms with Crippen LogP contribution in [0.2, 0.25) is 0 Å². The first kappa shape index (κ1) is 24.5. The van der Waals surface area contributed by atoms with Crippen LogP contribution in [0, 0.1) is 58.2 Å². The summed E-state index contributed by atoms with van der Waals surface area (Å²) in [6.45, 7) is 11.6. The average Bonchev–Trinajstić information content (AvgIpc) is 3.11. The molecular weight excluding hydrogens is 400 g/mol. The monoisotopic (exact) mass is 448 g/mol. The standard InChI is InChI=1S/C28H48O4/c1-7-19-23-15-18(29)10-12-28(23,5)22-11-13-27(4)20(8-9-21(27)24(22)25(19)30)16(2)14-17(3)26(31)32-6/h16-25,29-30H,7-15H2,1-6H3/t16-,17?,18-,19-,20?,21?,22?,23+,24?,25-,27-,28-/m1/s1. The second-order valence-electron chi connectivity index (χ2n) is 12.8. The van der Waals surface area contributed by atoms with Gasteiger partial charge in [0.1, 0.15) is 0 Å². The fourth-order valence-corrected chi connectivity index (χ4v) is 9.95. The van der Waals surface area contributed by atoms with Gasteiger partial charge >= 0.3 is 5.97 Å². The van der Waals surface area contributed by atoms with Gasteiger partial charge in [-0.05, 0) is 104 Å². The highest BCUT2D eigenvalue weighted by atomic mass is 16.5. The first-order valence-corrected chi connectivity index (χ1v) is 13.5. The molecule has 4 aliphatic rings. The lowest BCUT2D eigenvalue weighted by molar-refractivity contribution is -0.203. The summed E-state index contributed by atoms with van der Waals surface area (Å²) in [5.41, 5.74) is 0.515. The lowest BCUT2D eigenvalue weighted by atomic mass is 9.41. The maximum Gasteiger partial charge on any atom is 0.308 e. The molecule has 4 heteroatoms. The van der Waals surface area contributed by atoms with Gasteiger partial charge in [-0.3, -0.25) is 4.79 Å². The third kappa shape index (κ3) is 3.67. The van der Waals surface area contributed by atoms with Crippen molar-refractivity contribution in [2.45, 2.75) is 105 Å². The number of ether oxygens (including phenoxy) is 1. The van der Waals surface area contributed by atoms with Crippen LogP contribution in [0.25, 0.3) is 0 Å². The zero-order valence-corrected chi connectivity index (χ0v) is 21.3. The van der Waals surface area contributed by atoms with Gasteiger partial charge in [-0.1, -0.05) is 41.0 Å². The zero-order chi connectivity index (χ0) is 23.4. The first-order chi connectivity index (χ1) is 15.1. The Hall–Kier alpha value is -0.610. The fraction of sp³-hybridized carbons (Fsp3) is 0.964. The number of aliphatic hydroxyl groups excluding tert-OH is 2. The molecule has 0 radical (unpaired) electrons. The Balaban J connectivity index is 1.59. The van der Waals surface area contributed by atoms with E-state index in [0.29, 0.717) is 41.4 Å². The summed E-state index contributed by atoms with van der Waals surface area (Å²) in [7, 11) is 1.49. The Morgan fingerprint density at radius 1 is 1.00 bits per heavy atom. The van der Waals surface area contributed by atoms with E-state index in [9.17, 15) is 15.0 Å². The van der Waals surface area contributed by atoms with Crippen LogP contribution >= 0.6 is 0 Å². The number of esters is 1. The van der Waals surface area contributed by atoms with Crippen LogP contribution in [0.3, 0.4) is 0 Å². The van der Waals surface area contributed by atoms with Crippen molar-refractivity contribution < 1.29 is 19.7 Å². The van der Waals surface area contributed by atoms with Crippen molar-refractivity contribution in [2.24, 2.45) is 58.2 Å². The molecule has 0 bridgehead atoms. The third-order valence-corrected chi connectivity index (χ3v) is 11.5. The molecule has 0 amide bonds. The van der Waals surface area contributed by atoms with Gasteiger partial charge in [0.15, 0.2) is 0 Å². The predicted octanol–water partition coefficient (Wildman–Crippen LogP) is 5.45. The second kappa shape index (κ2) is 8.87.